The maximum atomic E-state index is 12.5. The number of hydrogen-bond donors (Lipinski definition) is 0. The monoisotopic (exact) mass is 323 g/mol. The van der Waals surface area contributed by atoms with Crippen LogP contribution in [-0.2, 0) is 16.5 Å². The molecule has 0 atom stereocenters. The van der Waals surface area contributed by atoms with Crippen molar-refractivity contribution in [3.63, 3.8) is 0 Å². The summed E-state index contributed by atoms with van der Waals surface area (Å²) in [5.74, 6) is 0.859. The van der Waals surface area contributed by atoms with E-state index in [0.717, 1.165) is 5.56 Å². The van der Waals surface area contributed by atoms with Crippen molar-refractivity contribution < 1.29 is 21.9 Å². The molecule has 118 valence electrons. The van der Waals surface area contributed by atoms with Gasteiger partial charge in [0.1, 0.15) is 11.3 Å². The molecule has 0 fully saturated rings. The molecule has 3 rings (SSSR count). The molecular formula is C15H17NO5S. The van der Waals surface area contributed by atoms with Gasteiger partial charge in [-0.1, -0.05) is 17.3 Å². The summed E-state index contributed by atoms with van der Waals surface area (Å²) in [4.78, 5) is -0.0395. The molecule has 0 spiro atoms. The highest BCUT2D eigenvalue weighted by Gasteiger charge is 2.34. The van der Waals surface area contributed by atoms with Crippen LogP contribution in [0.15, 0.2) is 27.6 Å². The number of para-hydroxylation sites is 1. The molecular weight excluding hydrogens is 306 g/mol. The average molecular weight is 323 g/mol. The zero-order valence-electron chi connectivity index (χ0n) is 12.8. The molecule has 1 aromatic heterocycles. The van der Waals surface area contributed by atoms with Crippen LogP contribution in [0.1, 0.15) is 30.9 Å². The quantitative estimate of drug-likeness (QED) is 0.808. The number of benzene rings is 1. The lowest BCUT2D eigenvalue weighted by molar-refractivity contribution is 0.136. The summed E-state index contributed by atoms with van der Waals surface area (Å²) >= 11 is 0. The molecule has 1 aromatic carbocycles. The summed E-state index contributed by atoms with van der Waals surface area (Å²) in [6, 6.07) is 5.23. The third-order valence-electron chi connectivity index (χ3n) is 3.47. The van der Waals surface area contributed by atoms with Crippen molar-refractivity contribution in [1.82, 2.24) is 5.16 Å². The summed E-state index contributed by atoms with van der Waals surface area (Å²) in [7, 11) is -4.03. The predicted molar refractivity (Wildman–Crippen MR) is 78.6 cm³/mol. The Hall–Kier alpha value is -2.02. The first kappa shape index (κ1) is 14.9. The fourth-order valence-corrected chi connectivity index (χ4v) is 3.88. The van der Waals surface area contributed by atoms with E-state index in [1.165, 1.54) is 6.92 Å². The number of rotatable bonds is 3. The van der Waals surface area contributed by atoms with Gasteiger partial charge in [-0.25, -0.2) is 0 Å². The highest BCUT2D eigenvalue weighted by Crippen LogP contribution is 2.42. The molecule has 7 heteroatoms. The Kier molecular flexibility index (Phi) is 3.21. The van der Waals surface area contributed by atoms with Crippen molar-refractivity contribution in [3.05, 3.63) is 35.2 Å². The smallest absolute Gasteiger partial charge is 0.344 e. The summed E-state index contributed by atoms with van der Waals surface area (Å²) in [5.41, 5.74) is 0.817. The lowest BCUT2D eigenvalue weighted by Crippen LogP contribution is -2.24. The average Bonchev–Trinajstić information content (AvgIpc) is 2.88. The zero-order chi connectivity index (χ0) is 16.1. The topological polar surface area (TPSA) is 78.6 Å². The van der Waals surface area contributed by atoms with E-state index in [4.69, 9.17) is 13.4 Å². The number of aryl methyl sites for hydroxylation is 2. The minimum Gasteiger partial charge on any atom is -0.483 e. The Labute approximate surface area is 129 Å². The molecule has 22 heavy (non-hydrogen) atoms. The van der Waals surface area contributed by atoms with Crippen molar-refractivity contribution in [2.24, 2.45) is 0 Å². The second-order valence-electron chi connectivity index (χ2n) is 5.97. The van der Waals surface area contributed by atoms with Crippen LogP contribution in [0.3, 0.4) is 0 Å². The van der Waals surface area contributed by atoms with E-state index < -0.39 is 10.1 Å². The molecule has 0 bridgehead atoms. The molecule has 2 aromatic rings. The van der Waals surface area contributed by atoms with E-state index in [9.17, 15) is 8.42 Å². The molecule has 0 radical (unpaired) electrons. The largest absolute Gasteiger partial charge is 0.483 e. The third kappa shape index (κ3) is 2.45. The van der Waals surface area contributed by atoms with Gasteiger partial charge in [0, 0.05) is 12.0 Å². The molecule has 6 nitrogen and oxygen atoms in total. The van der Waals surface area contributed by atoms with Crippen molar-refractivity contribution in [2.75, 3.05) is 0 Å². The van der Waals surface area contributed by atoms with Crippen molar-refractivity contribution >= 4 is 10.1 Å². The van der Waals surface area contributed by atoms with Crippen molar-refractivity contribution in [2.45, 2.75) is 44.6 Å². The van der Waals surface area contributed by atoms with E-state index in [-0.39, 0.29) is 27.7 Å². The lowest BCUT2D eigenvalue weighted by Gasteiger charge is -2.18. The first-order valence-electron chi connectivity index (χ1n) is 6.88. The van der Waals surface area contributed by atoms with Gasteiger partial charge in [-0.3, -0.25) is 0 Å². The Balaban J connectivity index is 2.01. The maximum Gasteiger partial charge on any atom is 0.344 e. The Morgan fingerprint density at radius 2 is 2.00 bits per heavy atom. The summed E-state index contributed by atoms with van der Waals surface area (Å²) < 4.78 is 41.0. The zero-order valence-corrected chi connectivity index (χ0v) is 13.7. The summed E-state index contributed by atoms with van der Waals surface area (Å²) in [5, 5.41) is 3.65. The van der Waals surface area contributed by atoms with Gasteiger partial charge in [-0.05, 0) is 33.8 Å². The number of nitrogens with zero attached hydrogens (tertiary/aromatic N) is 1. The first-order valence-corrected chi connectivity index (χ1v) is 8.29. The third-order valence-corrected chi connectivity index (χ3v) is 4.95. The summed E-state index contributed by atoms with van der Waals surface area (Å²) in [6.07, 6.45) is 0.699. The second-order valence-corrected chi connectivity index (χ2v) is 7.46. The minimum atomic E-state index is -4.03. The van der Waals surface area contributed by atoms with E-state index in [2.05, 4.69) is 5.16 Å². The van der Waals surface area contributed by atoms with Gasteiger partial charge < -0.3 is 13.4 Å². The van der Waals surface area contributed by atoms with Crippen LogP contribution in [0, 0.1) is 13.8 Å². The van der Waals surface area contributed by atoms with Crippen LogP contribution >= 0.6 is 0 Å². The number of hydrogen-bond acceptors (Lipinski definition) is 6. The fourth-order valence-electron chi connectivity index (χ4n) is 2.64. The van der Waals surface area contributed by atoms with Gasteiger partial charge in [-0.2, -0.15) is 8.42 Å². The fraction of sp³-hybridized carbons (Fsp3) is 0.400. The molecule has 0 saturated heterocycles. The Morgan fingerprint density at radius 3 is 2.64 bits per heavy atom. The van der Waals surface area contributed by atoms with E-state index in [0.29, 0.717) is 12.2 Å². The Bertz CT molecular complexity index is 816. The maximum absolute atomic E-state index is 12.5. The van der Waals surface area contributed by atoms with E-state index >= 15 is 0 Å². The first-order chi connectivity index (χ1) is 10.2. The second kappa shape index (κ2) is 4.74. The van der Waals surface area contributed by atoms with Crippen molar-refractivity contribution in [3.8, 4) is 11.5 Å². The van der Waals surface area contributed by atoms with E-state index in [1.807, 2.05) is 19.9 Å². The minimum absolute atomic E-state index is 0.0395. The van der Waals surface area contributed by atoms with Crippen LogP contribution in [0.2, 0.25) is 0 Å². The number of ether oxygens (including phenoxy) is 1. The number of aromatic nitrogens is 1. The molecule has 0 aliphatic carbocycles. The molecule has 0 amide bonds. The summed E-state index contributed by atoms with van der Waals surface area (Å²) in [6.45, 7) is 6.98. The molecule has 2 heterocycles. The highest BCUT2D eigenvalue weighted by molar-refractivity contribution is 7.87. The van der Waals surface area contributed by atoms with Gasteiger partial charge in [0.2, 0.25) is 0 Å². The highest BCUT2D eigenvalue weighted by atomic mass is 32.2. The standard InChI is InChI=1S/C15H17NO5S/c1-9-14(10(2)20-16-9)22(17,18)21-12-7-5-6-11-8-15(3,4)19-13(11)12/h5-7H,8H2,1-4H3. The van der Waals surface area contributed by atoms with Gasteiger partial charge >= 0.3 is 10.1 Å². The van der Waals surface area contributed by atoms with Crippen LogP contribution in [0.25, 0.3) is 0 Å². The predicted octanol–water partition coefficient (Wildman–Crippen LogP) is 2.77. The normalized spacial score (nSPS) is 16.2. The molecule has 0 unspecified atom stereocenters. The van der Waals surface area contributed by atoms with Gasteiger partial charge in [0.25, 0.3) is 0 Å². The molecule has 0 saturated carbocycles. The van der Waals surface area contributed by atoms with Crippen molar-refractivity contribution in [1.29, 1.82) is 0 Å². The Morgan fingerprint density at radius 1 is 1.27 bits per heavy atom. The van der Waals surface area contributed by atoms with Gasteiger partial charge in [0.05, 0.1) is 0 Å². The molecule has 0 N–H and O–H groups in total. The van der Waals surface area contributed by atoms with Crippen LogP contribution in [0.5, 0.6) is 11.5 Å². The molecule has 1 aliphatic rings. The van der Waals surface area contributed by atoms with E-state index in [1.54, 1.807) is 19.1 Å². The van der Waals surface area contributed by atoms with Crippen LogP contribution in [0.4, 0.5) is 0 Å². The van der Waals surface area contributed by atoms with Crippen LogP contribution < -0.4 is 8.92 Å². The van der Waals surface area contributed by atoms with Gasteiger partial charge in [0.15, 0.2) is 22.2 Å². The lowest BCUT2D eigenvalue weighted by atomic mass is 10.0. The number of fused-ring (bicyclic) bond motifs is 1. The SMILES string of the molecule is Cc1noc(C)c1S(=O)(=O)Oc1cccc2c1OC(C)(C)C2. The molecule has 1 aliphatic heterocycles. The van der Waals surface area contributed by atoms with Crippen LogP contribution in [-0.4, -0.2) is 19.2 Å². The van der Waals surface area contributed by atoms with Gasteiger partial charge in [-0.15, -0.1) is 0 Å².